The standard InChI is InChI=1S/C12H16N2O2/c1-8(9-3-2-4-10(13)5-9)12(16)14-6-11(15)7-14/h2-5,8,11,15H,6-7,13H2,1H3. The molecule has 0 radical (unpaired) electrons. The van der Waals surface area contributed by atoms with Gasteiger partial charge in [-0.2, -0.15) is 0 Å². The van der Waals surface area contributed by atoms with Gasteiger partial charge in [0.2, 0.25) is 5.91 Å². The Hall–Kier alpha value is -1.55. The molecule has 1 saturated heterocycles. The normalized spacial score (nSPS) is 18.0. The molecule has 0 bridgehead atoms. The van der Waals surface area contributed by atoms with Gasteiger partial charge >= 0.3 is 0 Å². The lowest BCUT2D eigenvalue weighted by molar-refractivity contribution is -0.142. The van der Waals surface area contributed by atoms with Gasteiger partial charge in [0.1, 0.15) is 0 Å². The Balaban J connectivity index is 2.07. The summed E-state index contributed by atoms with van der Waals surface area (Å²) in [5, 5.41) is 9.15. The highest BCUT2D eigenvalue weighted by molar-refractivity contribution is 5.84. The summed E-state index contributed by atoms with van der Waals surface area (Å²) in [5.41, 5.74) is 7.27. The van der Waals surface area contributed by atoms with Gasteiger partial charge in [0.05, 0.1) is 12.0 Å². The Morgan fingerprint density at radius 1 is 1.56 bits per heavy atom. The van der Waals surface area contributed by atoms with Crippen LogP contribution in [0.4, 0.5) is 5.69 Å². The summed E-state index contributed by atoms with van der Waals surface area (Å²) in [5.74, 6) is -0.146. The van der Waals surface area contributed by atoms with E-state index in [1.54, 1.807) is 11.0 Å². The van der Waals surface area contributed by atoms with Gasteiger partial charge in [-0.1, -0.05) is 12.1 Å². The Morgan fingerprint density at radius 3 is 2.81 bits per heavy atom. The van der Waals surface area contributed by atoms with Crippen LogP contribution in [0.25, 0.3) is 0 Å². The number of nitrogens with zero attached hydrogens (tertiary/aromatic N) is 1. The van der Waals surface area contributed by atoms with Crippen LogP contribution in [0, 0.1) is 0 Å². The highest BCUT2D eigenvalue weighted by Crippen LogP contribution is 2.22. The number of rotatable bonds is 2. The molecule has 1 atom stereocenters. The van der Waals surface area contributed by atoms with E-state index in [0.29, 0.717) is 18.8 Å². The molecular formula is C12H16N2O2. The molecule has 0 aliphatic carbocycles. The molecule has 4 nitrogen and oxygen atoms in total. The second-order valence-corrected chi connectivity index (χ2v) is 4.29. The Kier molecular flexibility index (Phi) is 2.83. The van der Waals surface area contributed by atoms with Crippen molar-refractivity contribution < 1.29 is 9.90 Å². The van der Waals surface area contributed by atoms with E-state index in [2.05, 4.69) is 0 Å². The second-order valence-electron chi connectivity index (χ2n) is 4.29. The number of nitrogen functional groups attached to an aromatic ring is 1. The third kappa shape index (κ3) is 2.02. The Bertz CT molecular complexity index is 400. The fraction of sp³-hybridized carbons (Fsp3) is 0.417. The van der Waals surface area contributed by atoms with Crippen molar-refractivity contribution >= 4 is 11.6 Å². The second kappa shape index (κ2) is 4.14. The maximum Gasteiger partial charge on any atom is 0.230 e. The summed E-state index contributed by atoms with van der Waals surface area (Å²) in [6.45, 7) is 2.76. The molecule has 86 valence electrons. The lowest BCUT2D eigenvalue weighted by Gasteiger charge is -2.37. The topological polar surface area (TPSA) is 66.6 Å². The fourth-order valence-corrected chi connectivity index (χ4v) is 1.88. The summed E-state index contributed by atoms with van der Waals surface area (Å²) in [6, 6.07) is 7.36. The van der Waals surface area contributed by atoms with Crippen LogP contribution in [0.5, 0.6) is 0 Å². The van der Waals surface area contributed by atoms with Crippen molar-refractivity contribution in [3.8, 4) is 0 Å². The van der Waals surface area contributed by atoms with E-state index in [0.717, 1.165) is 5.56 Å². The SMILES string of the molecule is CC(C(=O)N1CC(O)C1)c1cccc(N)c1. The zero-order chi connectivity index (χ0) is 11.7. The van der Waals surface area contributed by atoms with Crippen LogP contribution >= 0.6 is 0 Å². The van der Waals surface area contributed by atoms with Gasteiger partial charge in [0.25, 0.3) is 0 Å². The Labute approximate surface area is 94.7 Å². The maximum atomic E-state index is 12.0. The number of carbonyl (C=O) groups is 1. The minimum Gasteiger partial charge on any atom is -0.399 e. The largest absolute Gasteiger partial charge is 0.399 e. The van der Waals surface area contributed by atoms with Crippen LogP contribution < -0.4 is 5.73 Å². The first-order valence-electron chi connectivity index (χ1n) is 5.40. The number of carbonyl (C=O) groups excluding carboxylic acids is 1. The van der Waals surface area contributed by atoms with E-state index in [1.165, 1.54) is 0 Å². The van der Waals surface area contributed by atoms with E-state index in [-0.39, 0.29) is 17.9 Å². The number of aliphatic hydroxyl groups is 1. The number of hydrogen-bond acceptors (Lipinski definition) is 3. The van der Waals surface area contributed by atoms with Crippen LogP contribution in [-0.2, 0) is 4.79 Å². The zero-order valence-corrected chi connectivity index (χ0v) is 9.26. The van der Waals surface area contributed by atoms with Crippen molar-refractivity contribution in [2.45, 2.75) is 18.9 Å². The predicted molar refractivity (Wildman–Crippen MR) is 61.9 cm³/mol. The Morgan fingerprint density at radius 2 is 2.25 bits per heavy atom. The summed E-state index contributed by atoms with van der Waals surface area (Å²) in [6.07, 6.45) is -0.350. The third-order valence-corrected chi connectivity index (χ3v) is 2.96. The molecule has 1 fully saturated rings. The lowest BCUT2D eigenvalue weighted by atomic mass is 9.97. The van der Waals surface area contributed by atoms with Gasteiger partial charge in [-0.3, -0.25) is 4.79 Å². The van der Waals surface area contributed by atoms with Crippen LogP contribution in [0.15, 0.2) is 24.3 Å². The van der Waals surface area contributed by atoms with E-state index in [1.807, 2.05) is 25.1 Å². The van der Waals surface area contributed by atoms with Gasteiger partial charge < -0.3 is 15.7 Å². The minimum absolute atomic E-state index is 0.0518. The number of amides is 1. The minimum atomic E-state index is -0.350. The molecule has 2 rings (SSSR count). The molecule has 1 amide bonds. The summed E-state index contributed by atoms with van der Waals surface area (Å²) in [7, 11) is 0. The van der Waals surface area contributed by atoms with Gasteiger partial charge in [-0.05, 0) is 24.6 Å². The van der Waals surface area contributed by atoms with Crippen molar-refractivity contribution in [3.63, 3.8) is 0 Å². The van der Waals surface area contributed by atoms with Crippen molar-refractivity contribution in [3.05, 3.63) is 29.8 Å². The van der Waals surface area contributed by atoms with E-state index >= 15 is 0 Å². The van der Waals surface area contributed by atoms with Gasteiger partial charge in [0, 0.05) is 18.8 Å². The van der Waals surface area contributed by atoms with Crippen LogP contribution in [0.3, 0.4) is 0 Å². The average Bonchev–Trinajstić information content (AvgIpc) is 2.23. The van der Waals surface area contributed by atoms with E-state index in [9.17, 15) is 4.79 Å². The molecule has 0 spiro atoms. The number of hydrogen-bond donors (Lipinski definition) is 2. The first kappa shape index (κ1) is 11.0. The first-order chi connectivity index (χ1) is 7.58. The van der Waals surface area contributed by atoms with Gasteiger partial charge in [-0.15, -0.1) is 0 Å². The zero-order valence-electron chi connectivity index (χ0n) is 9.26. The highest BCUT2D eigenvalue weighted by Gasteiger charge is 2.31. The van der Waals surface area contributed by atoms with Gasteiger partial charge in [0.15, 0.2) is 0 Å². The molecule has 1 aromatic carbocycles. The first-order valence-corrected chi connectivity index (χ1v) is 5.40. The quantitative estimate of drug-likeness (QED) is 0.716. The van der Waals surface area contributed by atoms with Crippen LogP contribution in [-0.4, -0.2) is 35.1 Å². The molecule has 4 heteroatoms. The molecule has 1 unspecified atom stereocenters. The van der Waals surface area contributed by atoms with Gasteiger partial charge in [-0.25, -0.2) is 0 Å². The molecule has 1 heterocycles. The van der Waals surface area contributed by atoms with Crippen molar-refractivity contribution in [2.75, 3.05) is 18.8 Å². The molecule has 16 heavy (non-hydrogen) atoms. The average molecular weight is 220 g/mol. The van der Waals surface area contributed by atoms with E-state index < -0.39 is 0 Å². The maximum absolute atomic E-state index is 12.0. The van der Waals surface area contributed by atoms with Crippen LogP contribution in [0.1, 0.15) is 18.4 Å². The molecule has 1 aromatic rings. The monoisotopic (exact) mass is 220 g/mol. The highest BCUT2D eigenvalue weighted by atomic mass is 16.3. The van der Waals surface area contributed by atoms with Crippen molar-refractivity contribution in [2.24, 2.45) is 0 Å². The molecular weight excluding hydrogens is 204 g/mol. The predicted octanol–water partition coefficient (Wildman–Crippen LogP) is 0.575. The molecule has 1 aliphatic rings. The number of anilines is 1. The molecule has 0 aromatic heterocycles. The third-order valence-electron chi connectivity index (χ3n) is 2.96. The number of nitrogens with two attached hydrogens (primary N) is 1. The summed E-state index contributed by atoms with van der Waals surface area (Å²) < 4.78 is 0. The van der Waals surface area contributed by atoms with Crippen molar-refractivity contribution in [1.82, 2.24) is 4.90 Å². The molecule has 0 saturated carbocycles. The van der Waals surface area contributed by atoms with Crippen LogP contribution in [0.2, 0.25) is 0 Å². The van der Waals surface area contributed by atoms with E-state index in [4.69, 9.17) is 10.8 Å². The molecule has 1 aliphatic heterocycles. The number of β-amino-alcohol motifs (C(OH)–C–C–N with tert-alkyl or cyclic N) is 1. The summed E-state index contributed by atoms with van der Waals surface area (Å²) in [4.78, 5) is 13.6. The number of likely N-dealkylation sites (tertiary alicyclic amines) is 1. The van der Waals surface area contributed by atoms with Crippen molar-refractivity contribution in [1.29, 1.82) is 0 Å². The smallest absolute Gasteiger partial charge is 0.230 e. The fourth-order valence-electron chi connectivity index (χ4n) is 1.88. The number of benzene rings is 1. The summed E-state index contributed by atoms with van der Waals surface area (Å²) >= 11 is 0. The molecule has 3 N–H and O–H groups in total. The lowest BCUT2D eigenvalue weighted by Crippen LogP contribution is -2.54. The number of aliphatic hydroxyl groups excluding tert-OH is 1.